The highest BCUT2D eigenvalue weighted by atomic mass is 19.1. The summed E-state index contributed by atoms with van der Waals surface area (Å²) < 4.78 is 32.6. The minimum Gasteiger partial charge on any atom is -0.451 e. The number of halogens is 2. The smallest absolute Gasteiger partial charge is 0.198 e. The molecule has 0 fully saturated rings. The first-order chi connectivity index (χ1) is 8.22. The lowest BCUT2D eigenvalue weighted by molar-refractivity contribution is 0.404. The maximum Gasteiger partial charge on any atom is 0.198 e. The van der Waals surface area contributed by atoms with E-state index < -0.39 is 11.6 Å². The molecule has 0 saturated heterocycles. The van der Waals surface area contributed by atoms with Gasteiger partial charge >= 0.3 is 0 Å². The normalized spacial score (nSPS) is 10.3. The fourth-order valence-electron chi connectivity index (χ4n) is 1.55. The number of aryl methyl sites for hydroxylation is 1. The van der Waals surface area contributed by atoms with Crippen LogP contribution in [0.1, 0.15) is 12.5 Å². The van der Waals surface area contributed by atoms with Gasteiger partial charge in [0.1, 0.15) is 5.75 Å². The van der Waals surface area contributed by atoms with Crippen LogP contribution in [0.25, 0.3) is 0 Å². The van der Waals surface area contributed by atoms with Gasteiger partial charge in [-0.1, -0.05) is 31.2 Å². The van der Waals surface area contributed by atoms with E-state index in [-0.39, 0.29) is 5.75 Å². The van der Waals surface area contributed by atoms with Crippen molar-refractivity contribution in [2.24, 2.45) is 0 Å². The molecule has 1 nitrogen and oxygen atoms in total. The molecule has 0 aliphatic heterocycles. The summed E-state index contributed by atoms with van der Waals surface area (Å²) in [6.45, 7) is 1.81. The molecule has 0 heterocycles. The predicted molar refractivity (Wildman–Crippen MR) is 62.3 cm³/mol. The summed E-state index contributed by atoms with van der Waals surface area (Å²) in [5.41, 5.74) is 0.442. The molecule has 0 aromatic heterocycles. The number of hydrogen-bond acceptors (Lipinski definition) is 1. The van der Waals surface area contributed by atoms with Gasteiger partial charge in [-0.2, -0.15) is 0 Å². The zero-order chi connectivity index (χ0) is 12.3. The van der Waals surface area contributed by atoms with E-state index in [4.69, 9.17) is 4.74 Å². The van der Waals surface area contributed by atoms with E-state index in [0.29, 0.717) is 17.7 Å². The van der Waals surface area contributed by atoms with E-state index in [9.17, 15) is 8.78 Å². The second-order valence-corrected chi connectivity index (χ2v) is 3.62. The quantitative estimate of drug-likeness (QED) is 0.768. The van der Waals surface area contributed by atoms with Crippen molar-refractivity contribution in [1.29, 1.82) is 0 Å². The Kier molecular flexibility index (Phi) is 3.38. The summed E-state index contributed by atoms with van der Waals surface area (Å²) in [5, 5.41) is 0. The third-order valence-electron chi connectivity index (χ3n) is 2.47. The summed E-state index contributed by atoms with van der Waals surface area (Å²) >= 11 is 0. The first kappa shape index (κ1) is 11.6. The summed E-state index contributed by atoms with van der Waals surface area (Å²) in [5.74, 6) is -1.24. The molecule has 88 valence electrons. The van der Waals surface area contributed by atoms with Crippen LogP contribution in [-0.4, -0.2) is 0 Å². The van der Waals surface area contributed by atoms with Crippen LogP contribution in [0.15, 0.2) is 42.5 Å². The summed E-state index contributed by atoms with van der Waals surface area (Å²) in [7, 11) is 0. The molecular weight excluding hydrogens is 222 g/mol. The third kappa shape index (κ3) is 2.44. The van der Waals surface area contributed by atoms with Crippen LogP contribution in [0, 0.1) is 11.6 Å². The Morgan fingerprint density at radius 2 is 1.71 bits per heavy atom. The van der Waals surface area contributed by atoms with Crippen molar-refractivity contribution in [3.8, 4) is 11.5 Å². The lowest BCUT2D eigenvalue weighted by atomic mass is 10.1. The topological polar surface area (TPSA) is 9.23 Å². The van der Waals surface area contributed by atoms with Crippen molar-refractivity contribution < 1.29 is 13.5 Å². The average Bonchev–Trinajstić information content (AvgIpc) is 2.36. The van der Waals surface area contributed by atoms with Gasteiger partial charge in [0.25, 0.3) is 0 Å². The minimum atomic E-state index is -0.691. The first-order valence-electron chi connectivity index (χ1n) is 5.42. The van der Waals surface area contributed by atoms with Crippen LogP contribution in [0.5, 0.6) is 11.5 Å². The van der Waals surface area contributed by atoms with Crippen LogP contribution in [-0.2, 0) is 6.42 Å². The average molecular weight is 234 g/mol. The van der Waals surface area contributed by atoms with Crippen molar-refractivity contribution in [2.45, 2.75) is 13.3 Å². The van der Waals surface area contributed by atoms with Gasteiger partial charge < -0.3 is 4.74 Å². The van der Waals surface area contributed by atoms with Gasteiger partial charge in [0, 0.05) is 0 Å². The second-order valence-electron chi connectivity index (χ2n) is 3.62. The van der Waals surface area contributed by atoms with Crippen molar-refractivity contribution >= 4 is 0 Å². The molecule has 0 bridgehead atoms. The molecule has 0 aliphatic rings. The van der Waals surface area contributed by atoms with E-state index in [1.54, 1.807) is 24.3 Å². The molecule has 17 heavy (non-hydrogen) atoms. The van der Waals surface area contributed by atoms with Gasteiger partial charge in [-0.25, -0.2) is 8.78 Å². The van der Waals surface area contributed by atoms with E-state index in [2.05, 4.69) is 0 Å². The minimum absolute atomic E-state index is 0.337. The highest BCUT2D eigenvalue weighted by Gasteiger charge is 2.14. The number of para-hydroxylation sites is 1. The molecule has 2 aromatic rings. The second kappa shape index (κ2) is 4.95. The molecule has 0 unspecified atom stereocenters. The van der Waals surface area contributed by atoms with Crippen LogP contribution in [0.4, 0.5) is 8.78 Å². The Hall–Kier alpha value is -1.90. The van der Waals surface area contributed by atoms with Gasteiger partial charge in [0.05, 0.1) is 0 Å². The zero-order valence-corrected chi connectivity index (χ0v) is 9.41. The Balaban J connectivity index is 2.38. The lowest BCUT2D eigenvalue weighted by Gasteiger charge is -2.10. The molecule has 0 saturated carbocycles. The van der Waals surface area contributed by atoms with Gasteiger partial charge in [0.2, 0.25) is 0 Å². The van der Waals surface area contributed by atoms with Gasteiger partial charge in [0.15, 0.2) is 17.4 Å². The fraction of sp³-hybridized carbons (Fsp3) is 0.143. The van der Waals surface area contributed by atoms with E-state index in [1.807, 2.05) is 13.0 Å². The highest BCUT2D eigenvalue weighted by molar-refractivity contribution is 5.36. The number of benzene rings is 2. The number of hydrogen-bond donors (Lipinski definition) is 0. The molecule has 0 amide bonds. The molecule has 0 aliphatic carbocycles. The summed E-state index contributed by atoms with van der Waals surface area (Å²) in [4.78, 5) is 0. The van der Waals surface area contributed by atoms with Crippen molar-refractivity contribution in [3.63, 3.8) is 0 Å². The summed E-state index contributed by atoms with van der Waals surface area (Å²) in [6, 6.07) is 11.3. The maximum atomic E-state index is 13.9. The number of rotatable bonds is 3. The van der Waals surface area contributed by atoms with E-state index >= 15 is 0 Å². The fourth-order valence-corrected chi connectivity index (χ4v) is 1.55. The Labute approximate surface area is 98.7 Å². The standard InChI is InChI=1S/C14H12F2O/c1-2-10-8-9-12(15)14(13(10)16)17-11-6-4-3-5-7-11/h3-9H,2H2,1H3. The van der Waals surface area contributed by atoms with Crippen LogP contribution in [0.3, 0.4) is 0 Å². The van der Waals surface area contributed by atoms with Crippen LogP contribution >= 0.6 is 0 Å². The maximum absolute atomic E-state index is 13.9. The molecule has 0 atom stereocenters. The Morgan fingerprint density at radius 1 is 1.00 bits per heavy atom. The molecule has 0 radical (unpaired) electrons. The predicted octanol–water partition coefficient (Wildman–Crippen LogP) is 4.32. The molecule has 0 spiro atoms. The Bertz CT molecular complexity index is 509. The SMILES string of the molecule is CCc1ccc(F)c(Oc2ccccc2)c1F. The molecule has 2 rings (SSSR count). The van der Waals surface area contributed by atoms with Crippen LogP contribution in [0.2, 0.25) is 0 Å². The lowest BCUT2D eigenvalue weighted by Crippen LogP contribution is -1.96. The molecule has 0 N–H and O–H groups in total. The largest absolute Gasteiger partial charge is 0.451 e. The van der Waals surface area contributed by atoms with Gasteiger partial charge in [-0.05, 0) is 30.2 Å². The van der Waals surface area contributed by atoms with Crippen molar-refractivity contribution in [1.82, 2.24) is 0 Å². The molecule has 3 heteroatoms. The first-order valence-corrected chi connectivity index (χ1v) is 5.42. The molecular formula is C14H12F2O. The van der Waals surface area contributed by atoms with Crippen LogP contribution < -0.4 is 4.74 Å². The zero-order valence-electron chi connectivity index (χ0n) is 9.41. The van der Waals surface area contributed by atoms with Crippen molar-refractivity contribution in [2.75, 3.05) is 0 Å². The highest BCUT2D eigenvalue weighted by Crippen LogP contribution is 2.29. The third-order valence-corrected chi connectivity index (χ3v) is 2.47. The Morgan fingerprint density at radius 3 is 2.35 bits per heavy atom. The monoisotopic (exact) mass is 234 g/mol. The van der Waals surface area contributed by atoms with E-state index in [0.717, 1.165) is 0 Å². The number of ether oxygens (including phenoxy) is 1. The summed E-state index contributed by atoms with van der Waals surface area (Å²) in [6.07, 6.45) is 0.497. The van der Waals surface area contributed by atoms with Gasteiger partial charge in [-0.3, -0.25) is 0 Å². The van der Waals surface area contributed by atoms with Gasteiger partial charge in [-0.15, -0.1) is 0 Å². The molecule has 2 aromatic carbocycles. The van der Waals surface area contributed by atoms with Crippen molar-refractivity contribution in [3.05, 3.63) is 59.7 Å². The van der Waals surface area contributed by atoms with E-state index in [1.165, 1.54) is 12.1 Å².